The molecule has 0 aliphatic rings. The zero-order valence-corrected chi connectivity index (χ0v) is 12.4. The van der Waals surface area contributed by atoms with E-state index in [1.54, 1.807) is 18.2 Å². The number of thiophene rings is 1. The first-order valence-electron chi connectivity index (χ1n) is 4.98. The zero-order valence-electron chi connectivity index (χ0n) is 9.22. The summed E-state index contributed by atoms with van der Waals surface area (Å²) in [5.41, 5.74) is 0.450. The molecule has 0 atom stereocenters. The molecule has 0 spiro atoms. The average Bonchev–Trinajstić information content (AvgIpc) is 2.82. The van der Waals surface area contributed by atoms with E-state index in [1.807, 2.05) is 0 Å². The van der Waals surface area contributed by atoms with Crippen molar-refractivity contribution >= 4 is 55.5 Å². The molecule has 1 aromatic heterocycles. The van der Waals surface area contributed by atoms with Gasteiger partial charge in [0.1, 0.15) is 0 Å². The Labute approximate surface area is 125 Å². The molecule has 1 aromatic carbocycles. The number of nitro groups is 1. The predicted octanol–water partition coefficient (Wildman–Crippen LogP) is 4.32. The number of halogens is 2. The van der Waals surface area contributed by atoms with Crippen molar-refractivity contribution in [3.8, 4) is 0 Å². The molecule has 0 fully saturated rings. The van der Waals surface area contributed by atoms with Crippen molar-refractivity contribution in [2.75, 3.05) is 5.32 Å². The van der Waals surface area contributed by atoms with Crippen molar-refractivity contribution in [3.63, 3.8) is 0 Å². The van der Waals surface area contributed by atoms with Crippen LogP contribution in [0.25, 0.3) is 0 Å². The Morgan fingerprint density at radius 1 is 1.37 bits per heavy atom. The highest BCUT2D eigenvalue weighted by Gasteiger charge is 2.16. The number of nitrogens with zero attached hydrogens (tertiary/aromatic N) is 1. The highest BCUT2D eigenvalue weighted by Crippen LogP contribution is 2.28. The summed E-state index contributed by atoms with van der Waals surface area (Å²) < 4.78 is 0.794. The smallest absolute Gasteiger partial charge is 0.320 e. The number of hydrogen-bond acceptors (Lipinski definition) is 4. The van der Waals surface area contributed by atoms with E-state index in [0.717, 1.165) is 15.8 Å². The molecule has 98 valence electrons. The second-order valence-corrected chi connectivity index (χ2v) is 5.86. The van der Waals surface area contributed by atoms with E-state index in [2.05, 4.69) is 21.2 Å². The van der Waals surface area contributed by atoms with Gasteiger partial charge in [0, 0.05) is 10.5 Å². The first kappa shape index (κ1) is 14.0. The number of carbonyl (C=O) groups excluding carboxylic acids is 1. The van der Waals surface area contributed by atoms with E-state index in [4.69, 9.17) is 11.6 Å². The minimum Gasteiger partial charge on any atom is -0.320 e. The highest BCUT2D eigenvalue weighted by molar-refractivity contribution is 9.10. The molecule has 0 saturated carbocycles. The molecule has 1 amide bonds. The Morgan fingerprint density at radius 2 is 2.11 bits per heavy atom. The van der Waals surface area contributed by atoms with Crippen molar-refractivity contribution in [1.82, 2.24) is 0 Å². The normalized spacial score (nSPS) is 10.2. The summed E-state index contributed by atoms with van der Waals surface area (Å²) >= 11 is 10.0. The van der Waals surface area contributed by atoms with Gasteiger partial charge in [-0.25, -0.2) is 0 Å². The summed E-state index contributed by atoms with van der Waals surface area (Å²) in [6.07, 6.45) is 0. The van der Waals surface area contributed by atoms with Crippen molar-refractivity contribution in [2.45, 2.75) is 0 Å². The average molecular weight is 362 g/mol. The maximum atomic E-state index is 11.9. The van der Waals surface area contributed by atoms with Crippen molar-refractivity contribution in [3.05, 3.63) is 54.8 Å². The third kappa shape index (κ3) is 3.31. The summed E-state index contributed by atoms with van der Waals surface area (Å²) in [6.45, 7) is 0. The standard InChI is InChI=1S/C11H6BrClN2O3S/c12-6-1-2-8(7(13)5-6)14-11(16)9-3-4-10(19-9)15(17)18/h1-5H,(H,14,16). The molecule has 0 bridgehead atoms. The Morgan fingerprint density at radius 3 is 2.68 bits per heavy atom. The summed E-state index contributed by atoms with van der Waals surface area (Å²) in [4.78, 5) is 22.2. The monoisotopic (exact) mass is 360 g/mol. The van der Waals surface area contributed by atoms with Crippen molar-refractivity contribution < 1.29 is 9.72 Å². The maximum Gasteiger partial charge on any atom is 0.324 e. The van der Waals surface area contributed by atoms with Crippen molar-refractivity contribution in [1.29, 1.82) is 0 Å². The van der Waals surface area contributed by atoms with Crippen LogP contribution in [-0.4, -0.2) is 10.8 Å². The summed E-state index contributed by atoms with van der Waals surface area (Å²) in [7, 11) is 0. The summed E-state index contributed by atoms with van der Waals surface area (Å²) in [5.74, 6) is -0.428. The first-order chi connectivity index (χ1) is 8.97. The molecule has 2 rings (SSSR count). The molecular formula is C11H6BrClN2O3S. The number of carbonyl (C=O) groups is 1. The van der Waals surface area contributed by atoms with Crippen LogP contribution in [0.15, 0.2) is 34.8 Å². The van der Waals surface area contributed by atoms with Crippen LogP contribution in [-0.2, 0) is 0 Å². The number of nitrogens with one attached hydrogen (secondary N) is 1. The van der Waals surface area contributed by atoms with Gasteiger partial charge in [-0.3, -0.25) is 14.9 Å². The van der Waals surface area contributed by atoms with E-state index >= 15 is 0 Å². The van der Waals surface area contributed by atoms with Crippen LogP contribution in [0.5, 0.6) is 0 Å². The SMILES string of the molecule is O=C(Nc1ccc(Br)cc1Cl)c1ccc([N+](=O)[O-])s1. The predicted molar refractivity (Wildman–Crippen MR) is 78.1 cm³/mol. The molecular weight excluding hydrogens is 356 g/mol. The van der Waals surface area contributed by atoms with Crippen LogP contribution in [0.1, 0.15) is 9.67 Å². The van der Waals surface area contributed by atoms with Gasteiger partial charge in [0.2, 0.25) is 0 Å². The minimum absolute atomic E-state index is 0.0768. The lowest BCUT2D eigenvalue weighted by atomic mass is 10.3. The molecule has 0 radical (unpaired) electrons. The fourth-order valence-electron chi connectivity index (χ4n) is 1.32. The molecule has 0 aliphatic heterocycles. The van der Waals surface area contributed by atoms with Gasteiger partial charge < -0.3 is 5.32 Å². The van der Waals surface area contributed by atoms with Gasteiger partial charge in [0.05, 0.1) is 20.5 Å². The van der Waals surface area contributed by atoms with Gasteiger partial charge >= 0.3 is 5.00 Å². The molecule has 0 aliphatic carbocycles. The van der Waals surface area contributed by atoms with Crippen molar-refractivity contribution in [2.24, 2.45) is 0 Å². The number of benzene rings is 1. The Bertz CT molecular complexity index is 659. The third-order valence-corrected chi connectivity index (χ3v) is 4.02. The molecule has 8 heteroatoms. The lowest BCUT2D eigenvalue weighted by Gasteiger charge is -2.05. The largest absolute Gasteiger partial charge is 0.324 e. The lowest BCUT2D eigenvalue weighted by molar-refractivity contribution is -0.380. The number of rotatable bonds is 3. The van der Waals surface area contributed by atoms with Crippen LogP contribution < -0.4 is 5.32 Å². The van der Waals surface area contributed by atoms with E-state index in [-0.39, 0.29) is 9.88 Å². The van der Waals surface area contributed by atoms with Gasteiger partial charge in [-0.15, -0.1) is 0 Å². The fourth-order valence-corrected chi connectivity index (χ4v) is 2.76. The van der Waals surface area contributed by atoms with Gasteiger partial charge in [-0.05, 0) is 24.3 Å². The van der Waals surface area contributed by atoms with E-state index in [0.29, 0.717) is 10.7 Å². The summed E-state index contributed by atoms with van der Waals surface area (Å²) in [5, 5.41) is 13.5. The summed E-state index contributed by atoms with van der Waals surface area (Å²) in [6, 6.07) is 7.73. The van der Waals surface area contributed by atoms with E-state index < -0.39 is 10.8 Å². The fraction of sp³-hybridized carbons (Fsp3) is 0. The van der Waals surface area contributed by atoms with Gasteiger partial charge in [0.15, 0.2) is 0 Å². The molecule has 2 aromatic rings. The van der Waals surface area contributed by atoms with Gasteiger partial charge in [-0.1, -0.05) is 38.9 Å². The van der Waals surface area contributed by atoms with Crippen LogP contribution in [0.3, 0.4) is 0 Å². The van der Waals surface area contributed by atoms with Gasteiger partial charge in [-0.2, -0.15) is 0 Å². The Kier molecular flexibility index (Phi) is 4.18. The maximum absolute atomic E-state index is 11.9. The number of anilines is 1. The van der Waals surface area contributed by atoms with Gasteiger partial charge in [0.25, 0.3) is 5.91 Å². The molecule has 1 N–H and O–H groups in total. The Hall–Kier alpha value is -1.44. The van der Waals surface area contributed by atoms with Crippen LogP contribution >= 0.6 is 38.9 Å². The molecule has 0 saturated heterocycles. The van der Waals surface area contributed by atoms with E-state index in [9.17, 15) is 14.9 Å². The number of hydrogen-bond donors (Lipinski definition) is 1. The van der Waals surface area contributed by atoms with E-state index in [1.165, 1.54) is 12.1 Å². The van der Waals surface area contributed by atoms with Crippen LogP contribution in [0.4, 0.5) is 10.7 Å². The lowest BCUT2D eigenvalue weighted by Crippen LogP contribution is -2.10. The zero-order chi connectivity index (χ0) is 14.0. The third-order valence-electron chi connectivity index (χ3n) is 2.17. The molecule has 1 heterocycles. The van der Waals surface area contributed by atoms with Crippen LogP contribution in [0.2, 0.25) is 5.02 Å². The minimum atomic E-state index is -0.534. The molecule has 5 nitrogen and oxygen atoms in total. The molecule has 19 heavy (non-hydrogen) atoms. The van der Waals surface area contributed by atoms with Crippen LogP contribution in [0, 0.1) is 10.1 Å². The first-order valence-corrected chi connectivity index (χ1v) is 6.97. The Balaban J connectivity index is 2.18. The quantitative estimate of drug-likeness (QED) is 0.653. The highest BCUT2D eigenvalue weighted by atomic mass is 79.9. The second kappa shape index (κ2) is 5.68. The molecule has 0 unspecified atom stereocenters. The topological polar surface area (TPSA) is 72.2 Å². The second-order valence-electron chi connectivity index (χ2n) is 3.47. The number of amides is 1.